The standard InChI is InChI=1S/C9H19NO4S2/c1-4-14-9(11)8(10-2)7-15-5-6-16(3,12)13/h8,10H,4-7H2,1-3H3. The second-order valence-corrected chi connectivity index (χ2v) is 6.71. The molecule has 0 amide bonds. The van der Waals surface area contributed by atoms with Gasteiger partial charge in [0.1, 0.15) is 15.9 Å². The van der Waals surface area contributed by atoms with E-state index in [0.717, 1.165) is 0 Å². The van der Waals surface area contributed by atoms with Gasteiger partial charge in [0.15, 0.2) is 0 Å². The lowest BCUT2D eigenvalue weighted by atomic mass is 10.3. The van der Waals surface area contributed by atoms with Crippen molar-refractivity contribution in [3.05, 3.63) is 0 Å². The van der Waals surface area contributed by atoms with Crippen LogP contribution < -0.4 is 5.32 Å². The van der Waals surface area contributed by atoms with Crippen molar-refractivity contribution in [3.63, 3.8) is 0 Å². The molecule has 0 rings (SSSR count). The number of hydrogen-bond donors (Lipinski definition) is 1. The van der Waals surface area contributed by atoms with Gasteiger partial charge in [0, 0.05) is 17.8 Å². The van der Waals surface area contributed by atoms with Gasteiger partial charge in [-0.1, -0.05) is 0 Å². The molecule has 0 saturated carbocycles. The van der Waals surface area contributed by atoms with E-state index in [-0.39, 0.29) is 17.8 Å². The normalized spacial score (nSPS) is 13.4. The van der Waals surface area contributed by atoms with Gasteiger partial charge >= 0.3 is 5.97 Å². The molecule has 0 aromatic carbocycles. The highest BCUT2D eigenvalue weighted by atomic mass is 32.2. The topological polar surface area (TPSA) is 72.5 Å². The van der Waals surface area contributed by atoms with Crippen molar-refractivity contribution in [2.45, 2.75) is 13.0 Å². The minimum Gasteiger partial charge on any atom is -0.465 e. The maximum Gasteiger partial charge on any atom is 0.323 e. The van der Waals surface area contributed by atoms with Crippen molar-refractivity contribution >= 4 is 27.6 Å². The molecule has 0 aromatic heterocycles. The molecule has 0 aliphatic rings. The van der Waals surface area contributed by atoms with Crippen LogP contribution in [0.3, 0.4) is 0 Å². The Labute approximate surface area is 101 Å². The van der Waals surface area contributed by atoms with E-state index in [2.05, 4.69) is 5.32 Å². The molecule has 0 fully saturated rings. The number of carbonyl (C=O) groups is 1. The van der Waals surface area contributed by atoms with Crippen molar-refractivity contribution in [2.24, 2.45) is 0 Å². The summed E-state index contributed by atoms with van der Waals surface area (Å²) < 4.78 is 26.6. The van der Waals surface area contributed by atoms with E-state index >= 15 is 0 Å². The first-order valence-electron chi connectivity index (χ1n) is 5.00. The Morgan fingerprint density at radius 1 is 1.50 bits per heavy atom. The lowest BCUT2D eigenvalue weighted by Crippen LogP contribution is -2.37. The Kier molecular flexibility index (Phi) is 7.78. The highest BCUT2D eigenvalue weighted by Crippen LogP contribution is 2.05. The molecular weight excluding hydrogens is 250 g/mol. The molecule has 16 heavy (non-hydrogen) atoms. The van der Waals surface area contributed by atoms with Gasteiger partial charge in [0.05, 0.1) is 12.4 Å². The molecule has 0 saturated heterocycles. The van der Waals surface area contributed by atoms with E-state index in [0.29, 0.717) is 18.1 Å². The van der Waals surface area contributed by atoms with Crippen LogP contribution in [-0.2, 0) is 19.4 Å². The first kappa shape index (κ1) is 15.7. The summed E-state index contributed by atoms with van der Waals surface area (Å²) in [5.41, 5.74) is 0. The fourth-order valence-corrected chi connectivity index (χ4v) is 3.31. The van der Waals surface area contributed by atoms with Gasteiger partial charge in [-0.05, 0) is 14.0 Å². The largest absolute Gasteiger partial charge is 0.465 e. The van der Waals surface area contributed by atoms with E-state index in [1.54, 1.807) is 14.0 Å². The van der Waals surface area contributed by atoms with E-state index in [9.17, 15) is 13.2 Å². The van der Waals surface area contributed by atoms with Gasteiger partial charge in [0.25, 0.3) is 0 Å². The molecule has 1 atom stereocenters. The number of esters is 1. The van der Waals surface area contributed by atoms with Crippen molar-refractivity contribution in [1.82, 2.24) is 5.32 Å². The first-order chi connectivity index (χ1) is 7.40. The number of ether oxygens (including phenoxy) is 1. The van der Waals surface area contributed by atoms with Gasteiger partial charge in [-0.3, -0.25) is 4.79 Å². The summed E-state index contributed by atoms with van der Waals surface area (Å²) in [6, 6.07) is -0.371. The fourth-order valence-electron chi connectivity index (χ4n) is 0.924. The number of nitrogens with one attached hydrogen (secondary N) is 1. The van der Waals surface area contributed by atoms with E-state index in [1.807, 2.05) is 0 Å². The van der Waals surface area contributed by atoms with Gasteiger partial charge in [-0.15, -0.1) is 0 Å². The number of likely N-dealkylation sites (N-methyl/N-ethyl adjacent to an activating group) is 1. The predicted octanol–water partition coefficient (Wildman–Crippen LogP) is -0.0847. The number of carbonyl (C=O) groups excluding carboxylic acids is 1. The Morgan fingerprint density at radius 2 is 2.12 bits per heavy atom. The highest BCUT2D eigenvalue weighted by molar-refractivity contribution is 8.00. The summed E-state index contributed by atoms with van der Waals surface area (Å²) in [7, 11) is -1.24. The van der Waals surface area contributed by atoms with Crippen LogP contribution in [0.2, 0.25) is 0 Å². The Bertz CT molecular complexity index is 303. The second kappa shape index (κ2) is 7.92. The third-order valence-electron chi connectivity index (χ3n) is 1.80. The average Bonchev–Trinajstić information content (AvgIpc) is 2.16. The predicted molar refractivity (Wildman–Crippen MR) is 66.5 cm³/mol. The average molecular weight is 269 g/mol. The lowest BCUT2D eigenvalue weighted by Gasteiger charge is -2.13. The molecule has 0 aromatic rings. The summed E-state index contributed by atoms with van der Waals surface area (Å²) in [6.07, 6.45) is 1.20. The Balaban J connectivity index is 3.84. The molecule has 7 heteroatoms. The molecule has 0 aliphatic heterocycles. The lowest BCUT2D eigenvalue weighted by molar-refractivity contribution is -0.144. The molecule has 0 spiro atoms. The monoisotopic (exact) mass is 269 g/mol. The summed E-state index contributed by atoms with van der Waals surface area (Å²) in [5, 5.41) is 2.84. The van der Waals surface area contributed by atoms with Crippen LogP contribution >= 0.6 is 11.8 Å². The maximum absolute atomic E-state index is 11.3. The van der Waals surface area contributed by atoms with Crippen LogP contribution in [0.25, 0.3) is 0 Å². The number of thioether (sulfide) groups is 1. The van der Waals surface area contributed by atoms with Gasteiger partial charge < -0.3 is 10.1 Å². The molecule has 0 bridgehead atoms. The van der Waals surface area contributed by atoms with Gasteiger partial charge in [0.2, 0.25) is 0 Å². The Hall–Kier alpha value is -0.270. The zero-order valence-electron chi connectivity index (χ0n) is 9.86. The molecule has 96 valence electrons. The number of rotatable bonds is 8. The van der Waals surface area contributed by atoms with Gasteiger partial charge in [-0.2, -0.15) is 11.8 Å². The maximum atomic E-state index is 11.3. The molecule has 5 nitrogen and oxygen atoms in total. The minimum atomic E-state index is -2.92. The molecule has 1 N–H and O–H groups in total. The van der Waals surface area contributed by atoms with E-state index < -0.39 is 9.84 Å². The fraction of sp³-hybridized carbons (Fsp3) is 0.889. The molecular formula is C9H19NO4S2. The zero-order valence-corrected chi connectivity index (χ0v) is 11.5. The van der Waals surface area contributed by atoms with Crippen LogP contribution in [0, 0.1) is 0 Å². The van der Waals surface area contributed by atoms with Crippen LogP contribution in [0.5, 0.6) is 0 Å². The third-order valence-corrected chi connectivity index (χ3v) is 4.07. The van der Waals surface area contributed by atoms with Crippen molar-refractivity contribution < 1.29 is 17.9 Å². The smallest absolute Gasteiger partial charge is 0.323 e. The highest BCUT2D eigenvalue weighted by Gasteiger charge is 2.17. The summed E-state index contributed by atoms with van der Waals surface area (Å²) in [6.45, 7) is 2.10. The molecule has 0 heterocycles. The summed E-state index contributed by atoms with van der Waals surface area (Å²) in [4.78, 5) is 11.3. The minimum absolute atomic E-state index is 0.136. The summed E-state index contributed by atoms with van der Waals surface area (Å²) in [5.74, 6) is 0.856. The van der Waals surface area contributed by atoms with Crippen molar-refractivity contribution in [2.75, 3.05) is 37.2 Å². The van der Waals surface area contributed by atoms with Crippen LogP contribution in [0.1, 0.15) is 6.92 Å². The number of hydrogen-bond acceptors (Lipinski definition) is 6. The second-order valence-electron chi connectivity index (χ2n) is 3.30. The molecule has 1 unspecified atom stereocenters. The van der Waals surface area contributed by atoms with Crippen molar-refractivity contribution in [1.29, 1.82) is 0 Å². The van der Waals surface area contributed by atoms with Gasteiger partial charge in [-0.25, -0.2) is 8.42 Å². The van der Waals surface area contributed by atoms with Crippen molar-refractivity contribution in [3.8, 4) is 0 Å². The van der Waals surface area contributed by atoms with Crippen LogP contribution in [-0.4, -0.2) is 57.6 Å². The first-order valence-corrected chi connectivity index (χ1v) is 8.21. The quantitative estimate of drug-likeness (QED) is 0.491. The Morgan fingerprint density at radius 3 is 2.56 bits per heavy atom. The molecule has 0 radical (unpaired) electrons. The number of sulfone groups is 1. The van der Waals surface area contributed by atoms with Crippen LogP contribution in [0.15, 0.2) is 0 Å². The zero-order chi connectivity index (χ0) is 12.6. The van der Waals surface area contributed by atoms with E-state index in [4.69, 9.17) is 4.74 Å². The summed E-state index contributed by atoms with van der Waals surface area (Å²) >= 11 is 1.42. The third kappa shape index (κ3) is 7.95. The van der Waals surface area contributed by atoms with E-state index in [1.165, 1.54) is 18.0 Å². The van der Waals surface area contributed by atoms with Crippen LogP contribution in [0.4, 0.5) is 0 Å². The SMILES string of the molecule is CCOC(=O)C(CSCCS(C)(=O)=O)NC. The molecule has 0 aliphatic carbocycles.